The van der Waals surface area contributed by atoms with Crippen LogP contribution in [0.15, 0.2) is 28.7 Å². The number of hydrogen-bond acceptors (Lipinski definition) is 3. The predicted molar refractivity (Wildman–Crippen MR) is 80.4 cm³/mol. The molecule has 0 heterocycles. The number of nitrogens with one attached hydrogen (secondary N) is 1. The third-order valence-corrected chi connectivity index (χ3v) is 3.52. The molecule has 0 bridgehead atoms. The SMILES string of the molecule is CC(O)CCN(C)C(=O)CNC(=O)c1ccccc1Br. The number of nitrogens with zero attached hydrogens (tertiary/aromatic N) is 1. The molecule has 1 aromatic carbocycles. The van der Waals surface area contributed by atoms with Gasteiger partial charge in [-0.25, -0.2) is 0 Å². The fourth-order valence-electron chi connectivity index (χ4n) is 1.54. The molecule has 0 fully saturated rings. The molecule has 0 aliphatic heterocycles. The number of amides is 2. The Morgan fingerprint density at radius 1 is 1.40 bits per heavy atom. The largest absolute Gasteiger partial charge is 0.393 e. The number of likely N-dealkylation sites (N-methyl/N-ethyl adjacent to an activating group) is 1. The van der Waals surface area contributed by atoms with E-state index in [4.69, 9.17) is 5.11 Å². The van der Waals surface area contributed by atoms with Crippen LogP contribution in [0.3, 0.4) is 0 Å². The molecule has 0 aliphatic carbocycles. The van der Waals surface area contributed by atoms with Crippen molar-refractivity contribution in [2.45, 2.75) is 19.4 Å². The van der Waals surface area contributed by atoms with Crippen molar-refractivity contribution in [3.8, 4) is 0 Å². The maximum atomic E-state index is 11.9. The van der Waals surface area contributed by atoms with E-state index in [1.807, 2.05) is 6.07 Å². The molecule has 6 heteroatoms. The van der Waals surface area contributed by atoms with E-state index in [9.17, 15) is 9.59 Å². The first-order valence-electron chi connectivity index (χ1n) is 6.36. The number of rotatable bonds is 6. The summed E-state index contributed by atoms with van der Waals surface area (Å²) < 4.78 is 0.687. The van der Waals surface area contributed by atoms with Crippen molar-refractivity contribution in [3.63, 3.8) is 0 Å². The van der Waals surface area contributed by atoms with Crippen LogP contribution in [0.2, 0.25) is 0 Å². The average molecular weight is 343 g/mol. The number of halogens is 1. The Morgan fingerprint density at radius 3 is 2.65 bits per heavy atom. The number of aliphatic hydroxyl groups excluding tert-OH is 1. The van der Waals surface area contributed by atoms with E-state index in [0.29, 0.717) is 23.0 Å². The summed E-state index contributed by atoms with van der Waals surface area (Å²) >= 11 is 3.29. The van der Waals surface area contributed by atoms with Crippen molar-refractivity contribution < 1.29 is 14.7 Å². The van der Waals surface area contributed by atoms with E-state index in [-0.39, 0.29) is 18.4 Å². The van der Waals surface area contributed by atoms with Gasteiger partial charge in [0, 0.05) is 18.1 Å². The summed E-state index contributed by atoms with van der Waals surface area (Å²) in [5, 5.41) is 11.8. The van der Waals surface area contributed by atoms with Gasteiger partial charge in [-0.15, -0.1) is 0 Å². The summed E-state index contributed by atoms with van der Waals surface area (Å²) in [7, 11) is 1.65. The molecule has 0 saturated carbocycles. The molecule has 110 valence electrons. The smallest absolute Gasteiger partial charge is 0.252 e. The molecule has 0 aromatic heterocycles. The minimum atomic E-state index is -0.444. The summed E-state index contributed by atoms with van der Waals surface area (Å²) in [5.41, 5.74) is 0.493. The monoisotopic (exact) mass is 342 g/mol. The molecule has 0 radical (unpaired) electrons. The van der Waals surface area contributed by atoms with Crippen LogP contribution < -0.4 is 5.32 Å². The van der Waals surface area contributed by atoms with Crippen molar-refractivity contribution in [2.24, 2.45) is 0 Å². The predicted octanol–water partition coefficient (Wildman–Crippen LogP) is 1.41. The summed E-state index contributed by atoms with van der Waals surface area (Å²) in [6.45, 7) is 2.07. The first-order chi connectivity index (χ1) is 9.41. The van der Waals surface area contributed by atoms with E-state index in [1.54, 1.807) is 32.2 Å². The lowest BCUT2D eigenvalue weighted by atomic mass is 10.2. The van der Waals surface area contributed by atoms with Gasteiger partial charge < -0.3 is 15.3 Å². The zero-order valence-electron chi connectivity index (χ0n) is 11.6. The standard InChI is InChI=1S/C14H19BrN2O3/c1-10(18)7-8-17(2)13(19)9-16-14(20)11-5-3-4-6-12(11)15/h3-6,10,18H,7-9H2,1-2H3,(H,16,20). The number of aliphatic hydroxyl groups is 1. The minimum absolute atomic E-state index is 0.0591. The van der Waals surface area contributed by atoms with Gasteiger partial charge in [-0.1, -0.05) is 12.1 Å². The van der Waals surface area contributed by atoms with Gasteiger partial charge in [0.05, 0.1) is 18.2 Å². The van der Waals surface area contributed by atoms with Crippen molar-refractivity contribution >= 4 is 27.7 Å². The van der Waals surface area contributed by atoms with Gasteiger partial charge in [-0.3, -0.25) is 9.59 Å². The first kappa shape index (κ1) is 16.7. The molecule has 1 aromatic rings. The van der Waals surface area contributed by atoms with E-state index >= 15 is 0 Å². The molecule has 20 heavy (non-hydrogen) atoms. The van der Waals surface area contributed by atoms with Crippen LogP contribution in [0.25, 0.3) is 0 Å². The lowest BCUT2D eigenvalue weighted by Gasteiger charge is -2.18. The molecular formula is C14H19BrN2O3. The fourth-order valence-corrected chi connectivity index (χ4v) is 2.00. The maximum Gasteiger partial charge on any atom is 0.252 e. The second kappa shape index (κ2) is 8.01. The molecule has 2 N–H and O–H groups in total. The summed E-state index contributed by atoms with van der Waals surface area (Å²) in [5.74, 6) is -0.485. The summed E-state index contributed by atoms with van der Waals surface area (Å²) in [4.78, 5) is 25.2. The Morgan fingerprint density at radius 2 is 2.05 bits per heavy atom. The highest BCUT2D eigenvalue weighted by atomic mass is 79.9. The van der Waals surface area contributed by atoms with Gasteiger partial charge in [0.15, 0.2) is 0 Å². The van der Waals surface area contributed by atoms with Gasteiger partial charge in [-0.2, -0.15) is 0 Å². The van der Waals surface area contributed by atoms with E-state index in [2.05, 4.69) is 21.2 Å². The Balaban J connectivity index is 2.45. The molecule has 1 unspecified atom stereocenters. The Hall–Kier alpha value is -1.40. The van der Waals surface area contributed by atoms with Gasteiger partial charge in [0.2, 0.25) is 5.91 Å². The Bertz CT molecular complexity index is 477. The molecule has 1 atom stereocenters. The minimum Gasteiger partial charge on any atom is -0.393 e. The van der Waals surface area contributed by atoms with Crippen molar-refractivity contribution in [1.29, 1.82) is 0 Å². The van der Waals surface area contributed by atoms with Crippen LogP contribution >= 0.6 is 15.9 Å². The van der Waals surface area contributed by atoms with Crippen LogP contribution in [-0.4, -0.2) is 48.1 Å². The maximum absolute atomic E-state index is 11.9. The van der Waals surface area contributed by atoms with Gasteiger partial charge in [-0.05, 0) is 41.4 Å². The van der Waals surface area contributed by atoms with E-state index in [0.717, 1.165) is 0 Å². The second-order valence-corrected chi connectivity index (χ2v) is 5.47. The van der Waals surface area contributed by atoms with Crippen LogP contribution in [0, 0.1) is 0 Å². The van der Waals surface area contributed by atoms with E-state index < -0.39 is 6.10 Å². The zero-order valence-corrected chi connectivity index (χ0v) is 13.2. The number of benzene rings is 1. The average Bonchev–Trinajstić information content (AvgIpc) is 2.42. The third kappa shape index (κ3) is 5.30. The summed E-state index contributed by atoms with van der Waals surface area (Å²) in [6.07, 6.45) is 0.0700. The van der Waals surface area contributed by atoms with Gasteiger partial charge in [0.25, 0.3) is 5.91 Å². The lowest BCUT2D eigenvalue weighted by molar-refractivity contribution is -0.129. The van der Waals surface area contributed by atoms with Crippen LogP contribution in [0.5, 0.6) is 0 Å². The molecule has 0 aliphatic rings. The highest BCUT2D eigenvalue weighted by molar-refractivity contribution is 9.10. The van der Waals surface area contributed by atoms with Gasteiger partial charge in [0.1, 0.15) is 0 Å². The number of hydrogen-bond donors (Lipinski definition) is 2. The molecule has 0 spiro atoms. The molecule has 0 saturated heterocycles. The molecule has 2 amide bonds. The fraction of sp³-hybridized carbons (Fsp3) is 0.429. The molecular weight excluding hydrogens is 324 g/mol. The highest BCUT2D eigenvalue weighted by Gasteiger charge is 2.13. The molecule has 1 rings (SSSR count). The van der Waals surface area contributed by atoms with Crippen LogP contribution in [0.1, 0.15) is 23.7 Å². The highest BCUT2D eigenvalue weighted by Crippen LogP contribution is 2.15. The van der Waals surface area contributed by atoms with Crippen molar-refractivity contribution in [3.05, 3.63) is 34.3 Å². The zero-order chi connectivity index (χ0) is 15.1. The second-order valence-electron chi connectivity index (χ2n) is 4.62. The number of carbonyl (C=O) groups is 2. The van der Waals surface area contributed by atoms with E-state index in [1.165, 1.54) is 4.90 Å². The quantitative estimate of drug-likeness (QED) is 0.821. The Labute approximate surface area is 127 Å². The summed E-state index contributed by atoms with van der Waals surface area (Å²) in [6, 6.07) is 7.03. The van der Waals surface area contributed by atoms with Crippen molar-refractivity contribution in [1.82, 2.24) is 10.2 Å². The first-order valence-corrected chi connectivity index (χ1v) is 7.16. The normalized spacial score (nSPS) is 11.8. The number of carbonyl (C=O) groups excluding carboxylic acids is 2. The van der Waals surface area contributed by atoms with Crippen LogP contribution in [0.4, 0.5) is 0 Å². The Kier molecular flexibility index (Phi) is 6.67. The molecule has 5 nitrogen and oxygen atoms in total. The lowest BCUT2D eigenvalue weighted by Crippen LogP contribution is -2.39. The topological polar surface area (TPSA) is 69.6 Å². The van der Waals surface area contributed by atoms with Crippen LogP contribution in [-0.2, 0) is 4.79 Å². The van der Waals surface area contributed by atoms with Gasteiger partial charge >= 0.3 is 0 Å². The third-order valence-electron chi connectivity index (χ3n) is 2.83. The van der Waals surface area contributed by atoms with Crippen molar-refractivity contribution in [2.75, 3.05) is 20.1 Å².